The molecule has 0 spiro atoms. The van der Waals surface area contributed by atoms with E-state index in [2.05, 4.69) is 55.6 Å². The van der Waals surface area contributed by atoms with Crippen molar-refractivity contribution >= 4 is 11.9 Å². The van der Waals surface area contributed by atoms with Gasteiger partial charge in [0.1, 0.15) is 0 Å². The minimum absolute atomic E-state index is 0.0460. The van der Waals surface area contributed by atoms with Crippen molar-refractivity contribution in [1.82, 2.24) is 5.32 Å². The number of unbranched alkanes of at least 4 members (excludes halogenated alkanes) is 30. The summed E-state index contributed by atoms with van der Waals surface area (Å²) in [6, 6.07) is -0.564. The van der Waals surface area contributed by atoms with Crippen LogP contribution in [0, 0.1) is 0 Å². The van der Waals surface area contributed by atoms with Crippen LogP contribution in [-0.4, -0.2) is 47.4 Å². The summed E-state index contributed by atoms with van der Waals surface area (Å²) in [4.78, 5) is 24.5. The van der Waals surface area contributed by atoms with Gasteiger partial charge in [-0.1, -0.05) is 211 Å². The first kappa shape index (κ1) is 57.1. The summed E-state index contributed by atoms with van der Waals surface area (Å²) in [6.45, 7) is 4.83. The topological polar surface area (TPSA) is 95.9 Å². The molecule has 2 atom stereocenters. The lowest BCUT2D eigenvalue weighted by Gasteiger charge is -2.22. The fraction of sp³-hybridized carbons (Fsp3) is 0.849. The lowest BCUT2D eigenvalue weighted by Crippen LogP contribution is -2.45. The van der Waals surface area contributed by atoms with Crippen molar-refractivity contribution in [3.8, 4) is 0 Å². The smallest absolute Gasteiger partial charge is 0.305 e. The molecule has 0 bridgehead atoms. The van der Waals surface area contributed by atoms with Crippen molar-refractivity contribution in [1.29, 1.82) is 0 Å². The Labute approximate surface area is 366 Å². The number of amides is 1. The number of hydrogen-bond donors (Lipinski definition) is 3. The third kappa shape index (κ3) is 45.4. The predicted octanol–water partition coefficient (Wildman–Crippen LogP) is 15.3. The zero-order chi connectivity index (χ0) is 43.0. The van der Waals surface area contributed by atoms with Crippen molar-refractivity contribution in [2.75, 3.05) is 13.2 Å². The van der Waals surface area contributed by atoms with Gasteiger partial charge in [-0.05, 0) is 77.0 Å². The second kappa shape index (κ2) is 48.7. The van der Waals surface area contributed by atoms with Crippen molar-refractivity contribution < 1.29 is 24.5 Å². The molecule has 6 nitrogen and oxygen atoms in total. The minimum atomic E-state index is -0.683. The lowest BCUT2D eigenvalue weighted by molar-refractivity contribution is -0.143. The van der Waals surface area contributed by atoms with Crippen LogP contribution in [-0.2, 0) is 14.3 Å². The Hall–Kier alpha value is -1.92. The summed E-state index contributed by atoms with van der Waals surface area (Å²) >= 11 is 0. The Balaban J connectivity index is 3.54. The fourth-order valence-corrected chi connectivity index (χ4v) is 7.65. The standard InChI is InChI=1S/C53H99NO5/c1-3-5-7-9-11-13-15-17-19-20-21-22-25-29-33-37-41-45-51(56)50(49-55)54-52(57)46-42-38-34-30-26-24-28-32-36-40-44-48-59-53(58)47-43-39-35-31-27-23-18-16-14-12-10-8-6-4-2/h10,12,16,18,28,32,50-51,55-56H,3-9,11,13-15,17,19-27,29-31,33-49H2,1-2H3,(H,54,57)/b12-10-,18-16-,32-28-. The van der Waals surface area contributed by atoms with Crippen LogP contribution < -0.4 is 5.32 Å². The molecule has 0 aromatic heterocycles. The second-order valence-corrected chi connectivity index (χ2v) is 17.5. The molecule has 6 heteroatoms. The molecular weight excluding hydrogens is 731 g/mol. The summed E-state index contributed by atoms with van der Waals surface area (Å²) in [7, 11) is 0. The highest BCUT2D eigenvalue weighted by atomic mass is 16.5. The number of allylic oxidation sites excluding steroid dienone is 6. The van der Waals surface area contributed by atoms with Crippen LogP contribution in [0.1, 0.15) is 264 Å². The van der Waals surface area contributed by atoms with Crippen molar-refractivity contribution in [3.05, 3.63) is 36.5 Å². The van der Waals surface area contributed by atoms with Crippen molar-refractivity contribution in [2.24, 2.45) is 0 Å². The van der Waals surface area contributed by atoms with Gasteiger partial charge in [0.2, 0.25) is 5.91 Å². The van der Waals surface area contributed by atoms with E-state index in [1.807, 2.05) is 0 Å². The van der Waals surface area contributed by atoms with Gasteiger partial charge < -0.3 is 20.3 Å². The molecule has 0 fully saturated rings. The van der Waals surface area contributed by atoms with Gasteiger partial charge in [0.25, 0.3) is 0 Å². The first-order valence-corrected chi connectivity index (χ1v) is 25.7. The molecule has 59 heavy (non-hydrogen) atoms. The zero-order valence-corrected chi connectivity index (χ0v) is 39.2. The number of aliphatic hydroxyl groups excluding tert-OH is 2. The minimum Gasteiger partial charge on any atom is -0.466 e. The molecule has 0 saturated carbocycles. The van der Waals surface area contributed by atoms with Gasteiger partial charge in [-0.3, -0.25) is 9.59 Å². The van der Waals surface area contributed by atoms with Gasteiger partial charge in [-0.2, -0.15) is 0 Å². The average Bonchev–Trinajstić information content (AvgIpc) is 3.24. The SMILES string of the molecule is CCCC/C=C\C/C=C\CCCCCCCC(=O)OCCCC/C=C\CCCCCCCC(=O)NC(CO)C(O)CCCCCCCCCCCCCCCCCCC. The molecule has 0 aromatic carbocycles. The van der Waals surface area contributed by atoms with E-state index in [9.17, 15) is 19.8 Å². The van der Waals surface area contributed by atoms with Crippen LogP contribution in [0.15, 0.2) is 36.5 Å². The highest BCUT2D eigenvalue weighted by molar-refractivity contribution is 5.76. The Morgan fingerprint density at radius 1 is 0.475 bits per heavy atom. The van der Waals surface area contributed by atoms with E-state index in [0.717, 1.165) is 96.3 Å². The van der Waals surface area contributed by atoms with Crippen LogP contribution in [0.5, 0.6) is 0 Å². The van der Waals surface area contributed by atoms with Crippen LogP contribution in [0.25, 0.3) is 0 Å². The quantitative estimate of drug-likeness (QED) is 0.0323. The summed E-state index contributed by atoms with van der Waals surface area (Å²) in [5, 5.41) is 23.2. The molecule has 0 aliphatic rings. The van der Waals surface area contributed by atoms with Crippen LogP contribution >= 0.6 is 0 Å². The van der Waals surface area contributed by atoms with E-state index in [-0.39, 0.29) is 18.5 Å². The van der Waals surface area contributed by atoms with E-state index in [1.165, 1.54) is 135 Å². The van der Waals surface area contributed by atoms with Crippen molar-refractivity contribution in [3.63, 3.8) is 0 Å². The highest BCUT2D eigenvalue weighted by Crippen LogP contribution is 2.16. The first-order chi connectivity index (χ1) is 29.0. The zero-order valence-electron chi connectivity index (χ0n) is 39.2. The predicted molar refractivity (Wildman–Crippen MR) is 255 cm³/mol. The van der Waals surface area contributed by atoms with Gasteiger partial charge in [0, 0.05) is 12.8 Å². The van der Waals surface area contributed by atoms with Crippen LogP contribution in [0.2, 0.25) is 0 Å². The molecule has 3 N–H and O–H groups in total. The highest BCUT2D eigenvalue weighted by Gasteiger charge is 2.20. The Morgan fingerprint density at radius 2 is 0.864 bits per heavy atom. The number of hydrogen-bond acceptors (Lipinski definition) is 5. The van der Waals surface area contributed by atoms with E-state index in [1.54, 1.807) is 0 Å². The van der Waals surface area contributed by atoms with Crippen molar-refractivity contribution in [2.45, 2.75) is 276 Å². The van der Waals surface area contributed by atoms with E-state index < -0.39 is 12.1 Å². The van der Waals surface area contributed by atoms with Gasteiger partial charge in [-0.25, -0.2) is 0 Å². The number of rotatable bonds is 47. The number of esters is 1. The maximum atomic E-state index is 12.4. The maximum absolute atomic E-state index is 12.4. The van der Waals surface area contributed by atoms with Crippen LogP contribution in [0.4, 0.5) is 0 Å². The Kier molecular flexibility index (Phi) is 47.2. The molecule has 1 amide bonds. The van der Waals surface area contributed by atoms with Gasteiger partial charge in [0.15, 0.2) is 0 Å². The van der Waals surface area contributed by atoms with E-state index >= 15 is 0 Å². The molecule has 0 rings (SSSR count). The van der Waals surface area contributed by atoms with Gasteiger partial charge in [0.05, 0.1) is 25.4 Å². The third-order valence-electron chi connectivity index (χ3n) is 11.7. The number of ether oxygens (including phenoxy) is 1. The third-order valence-corrected chi connectivity index (χ3v) is 11.7. The molecule has 2 unspecified atom stereocenters. The normalized spacial score (nSPS) is 12.9. The molecule has 0 aliphatic heterocycles. The molecule has 0 saturated heterocycles. The second-order valence-electron chi connectivity index (χ2n) is 17.5. The Bertz CT molecular complexity index is 962. The molecule has 0 aliphatic carbocycles. The number of aliphatic hydroxyl groups is 2. The molecular formula is C53H99NO5. The van der Waals surface area contributed by atoms with E-state index in [4.69, 9.17) is 4.74 Å². The lowest BCUT2D eigenvalue weighted by atomic mass is 10.0. The molecule has 0 heterocycles. The molecule has 0 aromatic rings. The Morgan fingerprint density at radius 3 is 1.36 bits per heavy atom. The summed E-state index contributed by atoms with van der Waals surface area (Å²) in [5.41, 5.74) is 0. The summed E-state index contributed by atoms with van der Waals surface area (Å²) in [6.07, 6.45) is 58.2. The van der Waals surface area contributed by atoms with Crippen LogP contribution in [0.3, 0.4) is 0 Å². The van der Waals surface area contributed by atoms with Gasteiger partial charge >= 0.3 is 5.97 Å². The van der Waals surface area contributed by atoms with E-state index in [0.29, 0.717) is 25.9 Å². The fourth-order valence-electron chi connectivity index (χ4n) is 7.65. The van der Waals surface area contributed by atoms with Gasteiger partial charge in [-0.15, -0.1) is 0 Å². The largest absolute Gasteiger partial charge is 0.466 e. The monoisotopic (exact) mass is 830 g/mol. The number of carbonyl (C=O) groups is 2. The average molecular weight is 830 g/mol. The number of carbonyl (C=O) groups excluding carboxylic acids is 2. The molecule has 346 valence electrons. The summed E-state index contributed by atoms with van der Waals surface area (Å²) in [5.74, 6) is -0.111. The first-order valence-electron chi connectivity index (χ1n) is 25.7. The molecule has 0 radical (unpaired) electrons. The summed E-state index contributed by atoms with van der Waals surface area (Å²) < 4.78 is 5.42. The number of nitrogens with one attached hydrogen (secondary N) is 1. The maximum Gasteiger partial charge on any atom is 0.305 e.